The minimum atomic E-state index is -0.935. The van der Waals surface area contributed by atoms with E-state index < -0.39 is 35.9 Å². The fourth-order valence-corrected chi connectivity index (χ4v) is 6.40. The van der Waals surface area contributed by atoms with E-state index in [9.17, 15) is 24.0 Å². The normalized spacial score (nSPS) is 17.8. The van der Waals surface area contributed by atoms with E-state index in [0.717, 1.165) is 39.0 Å². The first kappa shape index (κ1) is 32.9. The van der Waals surface area contributed by atoms with Gasteiger partial charge < -0.3 is 20.1 Å². The summed E-state index contributed by atoms with van der Waals surface area (Å²) in [5.74, 6) is -1.83. The summed E-state index contributed by atoms with van der Waals surface area (Å²) >= 11 is 8.06. The molecular weight excluding hydrogens is 623 g/mol. The molecule has 1 aromatic heterocycles. The van der Waals surface area contributed by atoms with Crippen molar-refractivity contribution in [1.29, 1.82) is 0 Å². The molecule has 0 radical (unpaired) electrons. The minimum Gasteiger partial charge on any atom is -0.442 e. The van der Waals surface area contributed by atoms with Gasteiger partial charge in [0.25, 0.3) is 11.8 Å². The number of imide groups is 1. The number of benzene rings is 1. The number of carbonyl (C=O) groups excluding carboxylic acids is 5. The van der Waals surface area contributed by atoms with E-state index in [-0.39, 0.29) is 60.2 Å². The van der Waals surface area contributed by atoms with Crippen LogP contribution in [-0.4, -0.2) is 84.6 Å². The summed E-state index contributed by atoms with van der Waals surface area (Å²) in [5.41, 5.74) is 6.15. The molecule has 0 spiro atoms. The zero-order valence-electron chi connectivity index (χ0n) is 23.6. The number of nitrogens with zero attached hydrogens (tertiary/aromatic N) is 3. The Kier molecular flexibility index (Phi) is 11.2. The van der Waals surface area contributed by atoms with Crippen molar-refractivity contribution in [2.24, 2.45) is 11.7 Å². The summed E-state index contributed by atoms with van der Waals surface area (Å²) in [6.45, 7) is 3.82. The van der Waals surface area contributed by atoms with Gasteiger partial charge in [-0.2, -0.15) is 0 Å². The first-order chi connectivity index (χ1) is 20.5. The minimum absolute atomic E-state index is 0.0126. The van der Waals surface area contributed by atoms with Crippen LogP contribution in [0.1, 0.15) is 36.4 Å². The molecule has 2 aliphatic heterocycles. The van der Waals surface area contributed by atoms with Crippen molar-refractivity contribution >= 4 is 75.0 Å². The molecule has 2 saturated heterocycles. The lowest BCUT2D eigenvalue weighted by atomic mass is 10.1. The lowest BCUT2D eigenvalue weighted by molar-refractivity contribution is -0.129. The summed E-state index contributed by atoms with van der Waals surface area (Å²) in [6, 6.07) is 6.50. The molecule has 15 heteroatoms. The van der Waals surface area contributed by atoms with Crippen LogP contribution in [0.3, 0.4) is 0 Å². The topological polar surface area (TPSA) is 140 Å². The zero-order chi connectivity index (χ0) is 31.3. The van der Waals surface area contributed by atoms with Crippen molar-refractivity contribution < 1.29 is 37.8 Å². The molecule has 0 aliphatic carbocycles. The van der Waals surface area contributed by atoms with Gasteiger partial charge in [0.1, 0.15) is 18.5 Å². The van der Waals surface area contributed by atoms with Crippen molar-refractivity contribution in [2.45, 2.75) is 38.8 Å². The zero-order valence-corrected chi connectivity index (χ0v) is 26.0. The molecule has 3 heterocycles. The average Bonchev–Trinajstić information content (AvgIpc) is 3.57. The van der Waals surface area contributed by atoms with Crippen LogP contribution in [0.15, 0.2) is 30.3 Å². The quantitative estimate of drug-likeness (QED) is 0.357. The van der Waals surface area contributed by atoms with Crippen LogP contribution in [0.4, 0.5) is 20.6 Å². The Morgan fingerprint density at radius 3 is 2.63 bits per heavy atom. The van der Waals surface area contributed by atoms with Gasteiger partial charge in [-0.3, -0.25) is 29.0 Å². The number of cyclic esters (lactones) is 1. The maximum absolute atomic E-state index is 15.2. The van der Waals surface area contributed by atoms with Crippen molar-refractivity contribution in [1.82, 2.24) is 4.90 Å². The molecular formula is C28H32ClFN4O7S2. The summed E-state index contributed by atoms with van der Waals surface area (Å²) < 4.78 is 26.1. The lowest BCUT2D eigenvalue weighted by Crippen LogP contribution is -2.43. The third-order valence-electron chi connectivity index (χ3n) is 6.88. The Labute approximate surface area is 261 Å². The van der Waals surface area contributed by atoms with E-state index in [1.165, 1.54) is 29.2 Å². The van der Waals surface area contributed by atoms with Gasteiger partial charge in [0.05, 0.1) is 40.6 Å². The number of thioether (sulfide) groups is 1. The Morgan fingerprint density at radius 2 is 1.98 bits per heavy atom. The summed E-state index contributed by atoms with van der Waals surface area (Å²) in [6.07, 6.45) is -1.50. The molecule has 2 atom stereocenters. The summed E-state index contributed by atoms with van der Waals surface area (Å²) in [5, 5.41) is -0.168. The fraction of sp³-hybridized carbons (Fsp3) is 0.464. The monoisotopic (exact) mass is 654 g/mol. The van der Waals surface area contributed by atoms with Crippen LogP contribution in [0.2, 0.25) is 4.34 Å². The largest absolute Gasteiger partial charge is 0.442 e. The van der Waals surface area contributed by atoms with Crippen molar-refractivity contribution in [3.05, 3.63) is 45.4 Å². The first-order valence-corrected chi connectivity index (χ1v) is 15.8. The Hall–Kier alpha value is -3.04. The predicted molar refractivity (Wildman–Crippen MR) is 162 cm³/mol. The van der Waals surface area contributed by atoms with E-state index in [2.05, 4.69) is 0 Å². The van der Waals surface area contributed by atoms with Gasteiger partial charge in [-0.25, -0.2) is 9.18 Å². The van der Waals surface area contributed by atoms with Gasteiger partial charge in [0, 0.05) is 24.4 Å². The van der Waals surface area contributed by atoms with Crippen molar-refractivity contribution in [3.63, 3.8) is 0 Å². The highest BCUT2D eigenvalue weighted by molar-refractivity contribution is 8.13. The number of morpholine rings is 1. The molecule has 4 rings (SSSR count). The molecule has 4 amide bonds. The van der Waals surface area contributed by atoms with Crippen LogP contribution in [-0.2, 0) is 23.9 Å². The smallest absolute Gasteiger partial charge is 0.414 e. The molecule has 1 aromatic carbocycles. The maximum Gasteiger partial charge on any atom is 0.414 e. The number of ether oxygens (including phenoxy) is 2. The third kappa shape index (κ3) is 8.12. The van der Waals surface area contributed by atoms with E-state index in [1.807, 2.05) is 13.8 Å². The standard InChI is InChI=1S/C28H32ClFN4O7S2/c1-16(2)25(31)27(38)42-11-3-4-23(35)34(26(37)21-7-8-22(29)43-21)14-18-13-33(28(39)41-18)20-6-5-17(12-19(20)30)32-9-10-40-15-24(32)36/h5-8,12,16,18,25H,3-4,9-11,13-15,31H2,1-2H3/t18-,25+/m1/s1. The van der Waals surface area contributed by atoms with Crippen LogP contribution in [0, 0.1) is 11.7 Å². The molecule has 232 valence electrons. The predicted octanol–water partition coefficient (Wildman–Crippen LogP) is 3.92. The number of anilines is 2. The second-order valence-corrected chi connectivity index (χ2v) is 13.1. The van der Waals surface area contributed by atoms with E-state index in [4.69, 9.17) is 26.8 Å². The second-order valence-electron chi connectivity index (χ2n) is 10.3. The fourth-order valence-electron chi connectivity index (χ4n) is 4.45. The van der Waals surface area contributed by atoms with Gasteiger partial charge in [-0.05, 0) is 42.7 Å². The van der Waals surface area contributed by atoms with Crippen molar-refractivity contribution in [2.75, 3.05) is 48.4 Å². The Bertz CT molecular complexity index is 1390. The lowest BCUT2D eigenvalue weighted by Gasteiger charge is -2.27. The van der Waals surface area contributed by atoms with Crippen LogP contribution in [0.5, 0.6) is 0 Å². The number of hydrogen-bond donors (Lipinski definition) is 1. The van der Waals surface area contributed by atoms with Crippen molar-refractivity contribution in [3.8, 4) is 0 Å². The summed E-state index contributed by atoms with van der Waals surface area (Å²) in [7, 11) is 0. The highest BCUT2D eigenvalue weighted by atomic mass is 35.5. The molecule has 11 nitrogen and oxygen atoms in total. The number of thiophene rings is 1. The highest BCUT2D eigenvalue weighted by Crippen LogP contribution is 2.30. The molecule has 2 aromatic rings. The van der Waals surface area contributed by atoms with Gasteiger partial charge in [0.15, 0.2) is 0 Å². The first-order valence-electron chi connectivity index (χ1n) is 13.6. The van der Waals surface area contributed by atoms with Crippen LogP contribution in [0.25, 0.3) is 0 Å². The number of carbonyl (C=O) groups is 5. The van der Waals surface area contributed by atoms with E-state index in [0.29, 0.717) is 28.8 Å². The Morgan fingerprint density at radius 1 is 1.21 bits per heavy atom. The van der Waals surface area contributed by atoms with Crippen LogP contribution >= 0.6 is 34.7 Å². The number of hydrogen-bond acceptors (Lipinski definition) is 10. The second kappa shape index (κ2) is 14.6. The molecule has 0 unspecified atom stereocenters. The molecule has 43 heavy (non-hydrogen) atoms. The Balaban J connectivity index is 1.43. The maximum atomic E-state index is 15.2. The molecule has 2 aliphatic rings. The third-order valence-corrected chi connectivity index (χ3v) is 9.15. The molecule has 0 bridgehead atoms. The summed E-state index contributed by atoms with van der Waals surface area (Å²) in [4.78, 5) is 67.3. The molecule has 2 fully saturated rings. The number of nitrogens with two attached hydrogens (primary N) is 1. The van der Waals surface area contributed by atoms with Crippen LogP contribution < -0.4 is 15.5 Å². The average molecular weight is 655 g/mol. The molecule has 2 N–H and O–H groups in total. The SMILES string of the molecule is CC(C)[C@H](N)C(=O)SCCCC(=O)N(C[C@H]1CN(c2ccc(N3CCOCC3=O)cc2F)C(=O)O1)C(=O)c1ccc(Cl)s1. The number of amides is 4. The van der Waals surface area contributed by atoms with Gasteiger partial charge in [-0.1, -0.05) is 37.2 Å². The van der Waals surface area contributed by atoms with Gasteiger partial charge in [0.2, 0.25) is 11.0 Å². The molecule has 0 saturated carbocycles. The van der Waals surface area contributed by atoms with E-state index >= 15 is 4.39 Å². The number of rotatable bonds is 11. The van der Waals surface area contributed by atoms with Gasteiger partial charge in [-0.15, -0.1) is 11.3 Å². The number of halogens is 2. The highest BCUT2D eigenvalue weighted by Gasteiger charge is 2.38. The van der Waals surface area contributed by atoms with Gasteiger partial charge >= 0.3 is 6.09 Å². The van der Waals surface area contributed by atoms with E-state index in [1.54, 1.807) is 0 Å².